The van der Waals surface area contributed by atoms with Crippen molar-refractivity contribution in [2.24, 2.45) is 0 Å². The third-order valence-corrected chi connectivity index (χ3v) is 3.50. The highest BCUT2D eigenvalue weighted by atomic mass is 19.1. The van der Waals surface area contributed by atoms with Gasteiger partial charge in [0, 0.05) is 35.0 Å². The summed E-state index contributed by atoms with van der Waals surface area (Å²) in [6.07, 6.45) is 2.21. The molecule has 1 heterocycles. The fourth-order valence-electron chi connectivity index (χ4n) is 2.38. The summed E-state index contributed by atoms with van der Waals surface area (Å²) >= 11 is 0. The van der Waals surface area contributed by atoms with Crippen molar-refractivity contribution in [1.82, 2.24) is 4.98 Å². The molecule has 0 spiro atoms. The highest BCUT2D eigenvalue weighted by Gasteiger charge is 2.18. The molecule has 2 aromatic carbocycles. The lowest BCUT2D eigenvalue weighted by Gasteiger charge is -2.15. The summed E-state index contributed by atoms with van der Waals surface area (Å²) < 4.78 is 19.1. The number of aliphatic hydroxyl groups is 1. The van der Waals surface area contributed by atoms with Crippen LogP contribution in [0.25, 0.3) is 10.8 Å². The van der Waals surface area contributed by atoms with Crippen LogP contribution < -0.4 is 4.74 Å². The molecular formula is C17H14FNO2. The van der Waals surface area contributed by atoms with E-state index in [1.54, 1.807) is 18.5 Å². The number of ether oxygens (including phenoxy) is 1. The van der Waals surface area contributed by atoms with Crippen molar-refractivity contribution in [3.8, 4) is 5.75 Å². The van der Waals surface area contributed by atoms with Crippen molar-refractivity contribution in [3.05, 3.63) is 71.8 Å². The third-order valence-electron chi connectivity index (χ3n) is 3.50. The number of nitrogens with zero attached hydrogens (tertiary/aromatic N) is 1. The van der Waals surface area contributed by atoms with E-state index in [1.807, 2.05) is 24.3 Å². The second-order valence-electron chi connectivity index (χ2n) is 4.74. The minimum absolute atomic E-state index is 0.203. The molecule has 0 aliphatic heterocycles. The lowest BCUT2D eigenvalue weighted by molar-refractivity contribution is 0.216. The Morgan fingerprint density at radius 2 is 1.90 bits per heavy atom. The molecule has 0 fully saturated rings. The number of aromatic nitrogens is 1. The first kappa shape index (κ1) is 13.5. The van der Waals surface area contributed by atoms with Crippen LogP contribution in [-0.4, -0.2) is 17.2 Å². The number of fused-ring (bicyclic) bond motifs is 1. The van der Waals surface area contributed by atoms with E-state index < -0.39 is 11.9 Å². The first-order valence-electron chi connectivity index (χ1n) is 6.55. The van der Waals surface area contributed by atoms with Gasteiger partial charge in [-0.25, -0.2) is 4.39 Å². The molecule has 0 aliphatic carbocycles. The van der Waals surface area contributed by atoms with E-state index in [0.29, 0.717) is 11.3 Å². The van der Waals surface area contributed by atoms with Gasteiger partial charge in [0.05, 0.1) is 7.11 Å². The van der Waals surface area contributed by atoms with Gasteiger partial charge in [-0.3, -0.25) is 4.98 Å². The monoisotopic (exact) mass is 283 g/mol. The number of hydrogen-bond acceptors (Lipinski definition) is 3. The van der Waals surface area contributed by atoms with E-state index in [1.165, 1.54) is 19.2 Å². The number of methoxy groups -OCH3 is 1. The van der Waals surface area contributed by atoms with Crippen LogP contribution in [0.4, 0.5) is 4.39 Å². The number of halogens is 1. The topological polar surface area (TPSA) is 42.4 Å². The zero-order valence-corrected chi connectivity index (χ0v) is 11.5. The Hall–Kier alpha value is -2.46. The maximum absolute atomic E-state index is 14.1. The molecule has 0 aliphatic rings. The second kappa shape index (κ2) is 5.50. The molecule has 1 N–H and O–H groups in total. The largest absolute Gasteiger partial charge is 0.497 e. The average Bonchev–Trinajstić information content (AvgIpc) is 2.53. The molecule has 4 heteroatoms. The quantitative estimate of drug-likeness (QED) is 0.800. The predicted molar refractivity (Wildman–Crippen MR) is 78.8 cm³/mol. The molecule has 1 unspecified atom stereocenters. The van der Waals surface area contributed by atoms with Gasteiger partial charge in [-0.15, -0.1) is 0 Å². The molecule has 1 aromatic heterocycles. The summed E-state index contributed by atoms with van der Waals surface area (Å²) in [4.78, 5) is 4.12. The molecule has 0 radical (unpaired) electrons. The average molecular weight is 283 g/mol. The zero-order chi connectivity index (χ0) is 14.8. The Bertz CT molecular complexity index is 783. The summed E-state index contributed by atoms with van der Waals surface area (Å²) in [6, 6.07) is 12.0. The van der Waals surface area contributed by atoms with Crippen LogP contribution in [0.1, 0.15) is 17.2 Å². The van der Waals surface area contributed by atoms with Gasteiger partial charge in [0.15, 0.2) is 0 Å². The van der Waals surface area contributed by atoms with E-state index in [9.17, 15) is 9.50 Å². The van der Waals surface area contributed by atoms with Gasteiger partial charge >= 0.3 is 0 Å². The lowest BCUT2D eigenvalue weighted by atomic mass is 9.98. The third kappa shape index (κ3) is 2.45. The van der Waals surface area contributed by atoms with Crippen molar-refractivity contribution in [3.63, 3.8) is 0 Å². The summed E-state index contributed by atoms with van der Waals surface area (Å²) in [6.45, 7) is 0. The fraction of sp³-hybridized carbons (Fsp3) is 0.118. The molecule has 0 saturated heterocycles. The van der Waals surface area contributed by atoms with Gasteiger partial charge in [-0.05, 0) is 17.5 Å². The normalized spacial score (nSPS) is 12.3. The maximum atomic E-state index is 14.1. The van der Waals surface area contributed by atoms with Crippen LogP contribution >= 0.6 is 0 Å². The van der Waals surface area contributed by atoms with Crippen molar-refractivity contribution in [1.29, 1.82) is 0 Å². The highest BCUT2D eigenvalue weighted by Crippen LogP contribution is 2.30. The van der Waals surface area contributed by atoms with Gasteiger partial charge in [-0.1, -0.05) is 24.3 Å². The van der Waals surface area contributed by atoms with Crippen LogP contribution in [0, 0.1) is 5.82 Å². The molecular weight excluding hydrogens is 269 g/mol. The van der Waals surface area contributed by atoms with Crippen LogP contribution in [0.5, 0.6) is 5.75 Å². The zero-order valence-electron chi connectivity index (χ0n) is 11.5. The van der Waals surface area contributed by atoms with E-state index in [-0.39, 0.29) is 5.56 Å². The SMILES string of the molecule is COc1ccc(C(O)c2cncc3ccccc23)c(F)c1. The van der Waals surface area contributed by atoms with Crippen molar-refractivity contribution >= 4 is 10.8 Å². The first-order valence-corrected chi connectivity index (χ1v) is 6.55. The lowest BCUT2D eigenvalue weighted by Crippen LogP contribution is -2.04. The standard InChI is InChI=1S/C17H14FNO2/c1-21-12-6-7-14(16(18)8-12)17(20)15-10-19-9-11-4-2-3-5-13(11)15/h2-10,17,20H,1H3. The van der Waals surface area contributed by atoms with Gasteiger partial charge in [0.1, 0.15) is 17.7 Å². The van der Waals surface area contributed by atoms with Crippen molar-refractivity contribution in [2.75, 3.05) is 7.11 Å². The molecule has 1 atom stereocenters. The predicted octanol–water partition coefficient (Wildman–Crippen LogP) is 3.46. The Morgan fingerprint density at radius 1 is 1.10 bits per heavy atom. The number of benzene rings is 2. The Kier molecular flexibility index (Phi) is 3.54. The summed E-state index contributed by atoms with van der Waals surface area (Å²) in [5.41, 5.74) is 0.783. The molecule has 3 nitrogen and oxygen atoms in total. The van der Waals surface area contributed by atoms with Gasteiger partial charge in [0.2, 0.25) is 0 Å². The van der Waals surface area contributed by atoms with Crippen LogP contribution in [0.2, 0.25) is 0 Å². The minimum Gasteiger partial charge on any atom is -0.497 e. The highest BCUT2D eigenvalue weighted by molar-refractivity contribution is 5.85. The molecule has 0 bridgehead atoms. The molecule has 0 amide bonds. The Balaban J connectivity index is 2.10. The second-order valence-corrected chi connectivity index (χ2v) is 4.74. The number of pyridine rings is 1. The van der Waals surface area contributed by atoms with E-state index >= 15 is 0 Å². The van der Waals surface area contributed by atoms with Gasteiger partial charge in [-0.2, -0.15) is 0 Å². The number of hydrogen-bond donors (Lipinski definition) is 1. The van der Waals surface area contributed by atoms with Crippen LogP contribution in [-0.2, 0) is 0 Å². The molecule has 3 aromatic rings. The number of aliphatic hydroxyl groups excluding tert-OH is 1. The van der Waals surface area contributed by atoms with Gasteiger partial charge in [0.25, 0.3) is 0 Å². The van der Waals surface area contributed by atoms with E-state index in [0.717, 1.165) is 10.8 Å². The van der Waals surface area contributed by atoms with Gasteiger partial charge < -0.3 is 9.84 Å². The summed E-state index contributed by atoms with van der Waals surface area (Å²) in [5, 5.41) is 12.3. The smallest absolute Gasteiger partial charge is 0.133 e. The number of rotatable bonds is 3. The Labute approximate surface area is 121 Å². The Morgan fingerprint density at radius 3 is 2.67 bits per heavy atom. The summed E-state index contributed by atoms with van der Waals surface area (Å²) in [5.74, 6) is -0.0886. The van der Waals surface area contributed by atoms with Crippen LogP contribution in [0.3, 0.4) is 0 Å². The van der Waals surface area contributed by atoms with Crippen LogP contribution in [0.15, 0.2) is 54.9 Å². The first-order chi connectivity index (χ1) is 10.2. The molecule has 0 saturated carbocycles. The molecule has 106 valence electrons. The summed E-state index contributed by atoms with van der Waals surface area (Å²) in [7, 11) is 1.47. The fourth-order valence-corrected chi connectivity index (χ4v) is 2.38. The molecule has 21 heavy (non-hydrogen) atoms. The van der Waals surface area contributed by atoms with E-state index in [2.05, 4.69) is 4.98 Å². The minimum atomic E-state index is -1.07. The van der Waals surface area contributed by atoms with E-state index in [4.69, 9.17) is 4.74 Å². The van der Waals surface area contributed by atoms with Crippen molar-refractivity contribution < 1.29 is 14.2 Å². The maximum Gasteiger partial charge on any atom is 0.133 e. The molecule has 3 rings (SSSR count). The van der Waals surface area contributed by atoms with Crippen molar-refractivity contribution in [2.45, 2.75) is 6.10 Å².